The Morgan fingerprint density at radius 1 is 1.10 bits per heavy atom. The van der Waals surface area contributed by atoms with Gasteiger partial charge in [0.25, 0.3) is 0 Å². The molecule has 40 heavy (non-hydrogen) atoms. The number of piperidine rings is 1. The summed E-state index contributed by atoms with van der Waals surface area (Å²) >= 11 is 0. The predicted octanol–water partition coefficient (Wildman–Crippen LogP) is 6.53. The number of carbonyl (C=O) groups excluding carboxylic acids is 1. The molecule has 0 spiro atoms. The zero-order chi connectivity index (χ0) is 28.4. The third kappa shape index (κ3) is 4.08. The van der Waals surface area contributed by atoms with E-state index in [9.17, 15) is 13.6 Å². The molecule has 1 aliphatic heterocycles. The van der Waals surface area contributed by atoms with Gasteiger partial charge in [-0.25, -0.2) is 23.5 Å². The minimum atomic E-state index is -0.653. The van der Waals surface area contributed by atoms with Gasteiger partial charge in [-0.05, 0) is 87.6 Å². The Labute approximate surface area is 233 Å². The van der Waals surface area contributed by atoms with Crippen LogP contribution >= 0.6 is 0 Å². The molecule has 1 saturated heterocycles. The number of halogens is 2. The van der Waals surface area contributed by atoms with Gasteiger partial charge in [-0.1, -0.05) is 19.9 Å². The fourth-order valence-electron chi connectivity index (χ4n) is 7.25. The highest BCUT2D eigenvalue weighted by molar-refractivity contribution is 5.68. The summed E-state index contributed by atoms with van der Waals surface area (Å²) in [5.41, 5.74) is 1.47. The highest BCUT2D eigenvalue weighted by Gasteiger charge is 2.65. The largest absolute Gasteiger partial charge is 0.444 e. The number of likely N-dealkylation sites (tertiary alicyclic amines) is 1. The van der Waals surface area contributed by atoms with Gasteiger partial charge in [0.2, 0.25) is 0 Å². The molecule has 0 N–H and O–H groups in total. The van der Waals surface area contributed by atoms with E-state index < -0.39 is 22.7 Å². The summed E-state index contributed by atoms with van der Waals surface area (Å²) in [4.78, 5) is 24.3. The third-order valence-electron chi connectivity index (χ3n) is 9.15. The average molecular weight is 548 g/mol. The molecule has 7 nitrogen and oxygen atoms in total. The normalized spacial score (nSPS) is 25.1. The second kappa shape index (κ2) is 9.28. The van der Waals surface area contributed by atoms with Crippen LogP contribution in [-0.2, 0) is 10.2 Å². The lowest BCUT2D eigenvalue weighted by Crippen LogP contribution is -2.43. The van der Waals surface area contributed by atoms with Crippen molar-refractivity contribution in [3.05, 3.63) is 70.9 Å². The molecule has 3 aromatic rings. The Hall–Kier alpha value is -3.49. The molecule has 1 unspecified atom stereocenters. The third-order valence-corrected chi connectivity index (χ3v) is 9.15. The average Bonchev–Trinajstić information content (AvgIpc) is 3.29. The second-order valence-electron chi connectivity index (χ2n) is 12.9. The highest BCUT2D eigenvalue weighted by atomic mass is 19.1. The number of nitrogens with zero attached hydrogens (tertiary/aromatic N) is 5. The van der Waals surface area contributed by atoms with Crippen LogP contribution in [0, 0.1) is 17.0 Å². The van der Waals surface area contributed by atoms with Crippen molar-refractivity contribution in [1.29, 1.82) is 0 Å². The summed E-state index contributed by atoms with van der Waals surface area (Å²) < 4.78 is 34.8. The number of aromatic nitrogens is 4. The number of fused-ring (bicyclic) bond motifs is 5. The molecule has 9 heteroatoms. The lowest BCUT2D eigenvalue weighted by molar-refractivity contribution is 0.0196. The first-order valence-electron chi connectivity index (χ1n) is 14.1. The van der Waals surface area contributed by atoms with Crippen LogP contribution in [0.15, 0.2) is 36.5 Å². The van der Waals surface area contributed by atoms with E-state index in [-0.39, 0.29) is 34.6 Å². The van der Waals surface area contributed by atoms with Gasteiger partial charge < -0.3 is 9.64 Å². The van der Waals surface area contributed by atoms with Gasteiger partial charge in [-0.3, -0.25) is 0 Å². The molecule has 3 heterocycles. The summed E-state index contributed by atoms with van der Waals surface area (Å²) in [6, 6.07) is 7.61. The van der Waals surface area contributed by atoms with Gasteiger partial charge in [-0.15, -0.1) is 5.10 Å². The summed E-state index contributed by atoms with van der Waals surface area (Å²) in [5, 5.41) is 8.98. The minimum absolute atomic E-state index is 0.00343. The summed E-state index contributed by atoms with van der Waals surface area (Å²) in [6.07, 6.45) is 4.99. The quantitative estimate of drug-likeness (QED) is 0.371. The fourth-order valence-corrected chi connectivity index (χ4v) is 7.25. The number of hydrogen-bond donors (Lipinski definition) is 0. The Kier molecular flexibility index (Phi) is 6.20. The first kappa shape index (κ1) is 26.7. The van der Waals surface area contributed by atoms with Crippen LogP contribution in [0.25, 0.3) is 11.3 Å². The van der Waals surface area contributed by atoms with E-state index in [0.29, 0.717) is 18.9 Å². The Morgan fingerprint density at radius 2 is 1.85 bits per heavy atom. The van der Waals surface area contributed by atoms with E-state index in [1.165, 1.54) is 18.2 Å². The van der Waals surface area contributed by atoms with Crippen LogP contribution in [0.3, 0.4) is 0 Å². The van der Waals surface area contributed by atoms with E-state index >= 15 is 0 Å². The molecule has 1 amide bonds. The minimum Gasteiger partial charge on any atom is -0.444 e. The Balaban J connectivity index is 1.36. The molecule has 1 aromatic carbocycles. The van der Waals surface area contributed by atoms with E-state index in [4.69, 9.17) is 9.72 Å². The second-order valence-corrected chi connectivity index (χ2v) is 12.9. The van der Waals surface area contributed by atoms with Crippen molar-refractivity contribution in [2.45, 2.75) is 83.2 Å². The van der Waals surface area contributed by atoms with Crippen molar-refractivity contribution >= 4 is 6.09 Å². The van der Waals surface area contributed by atoms with Crippen LogP contribution in [0.4, 0.5) is 13.6 Å². The molecule has 6 rings (SSSR count). The van der Waals surface area contributed by atoms with Gasteiger partial charge in [0.15, 0.2) is 0 Å². The van der Waals surface area contributed by atoms with Gasteiger partial charge in [0, 0.05) is 25.2 Å². The maximum absolute atomic E-state index is 14.6. The zero-order valence-electron chi connectivity index (χ0n) is 23.7. The fraction of sp³-hybridized carbons (Fsp3) is 0.516. The lowest BCUT2D eigenvalue weighted by atomic mass is 9.66. The van der Waals surface area contributed by atoms with E-state index in [0.717, 1.165) is 42.6 Å². The first-order valence-corrected chi connectivity index (χ1v) is 14.1. The maximum atomic E-state index is 14.6. The van der Waals surface area contributed by atoms with Gasteiger partial charge in [0.05, 0.1) is 28.1 Å². The smallest absolute Gasteiger partial charge is 0.410 e. The number of benzene rings is 1. The molecule has 2 bridgehead atoms. The summed E-state index contributed by atoms with van der Waals surface area (Å²) in [5.74, 6) is -0.441. The predicted molar refractivity (Wildman–Crippen MR) is 146 cm³/mol. The monoisotopic (exact) mass is 547 g/mol. The van der Waals surface area contributed by atoms with Crippen molar-refractivity contribution in [2.75, 3.05) is 13.1 Å². The zero-order valence-corrected chi connectivity index (χ0v) is 23.7. The number of carbonyl (C=O) groups is 1. The van der Waals surface area contributed by atoms with Crippen molar-refractivity contribution < 1.29 is 18.3 Å². The number of ether oxygens (including phenoxy) is 1. The SMILES string of the molecule is CC(C)(C)OC(=O)N1CCCC(c2nccc([C@]34CC[C@@H](c5cc(-c6c(F)cccc6F)nnc53)C4(C)C)n2)C1. The molecular weight excluding hydrogens is 512 g/mol. The van der Waals surface area contributed by atoms with Crippen LogP contribution in [-0.4, -0.2) is 49.8 Å². The summed E-state index contributed by atoms with van der Waals surface area (Å²) in [6.45, 7) is 11.2. The van der Waals surface area contributed by atoms with Crippen LogP contribution in [0.5, 0.6) is 0 Å². The molecule has 210 valence electrons. The molecule has 2 aromatic heterocycles. The van der Waals surface area contributed by atoms with E-state index in [1.807, 2.05) is 32.9 Å². The van der Waals surface area contributed by atoms with Gasteiger partial charge in [0.1, 0.15) is 23.1 Å². The van der Waals surface area contributed by atoms with E-state index in [1.54, 1.807) is 11.1 Å². The van der Waals surface area contributed by atoms with Crippen LogP contribution in [0.2, 0.25) is 0 Å². The lowest BCUT2D eigenvalue weighted by Gasteiger charge is -2.38. The van der Waals surface area contributed by atoms with Crippen LogP contribution < -0.4 is 0 Å². The summed E-state index contributed by atoms with van der Waals surface area (Å²) in [7, 11) is 0. The highest BCUT2D eigenvalue weighted by Crippen LogP contribution is 2.69. The first-order chi connectivity index (χ1) is 18.9. The van der Waals surface area contributed by atoms with Crippen LogP contribution in [0.1, 0.15) is 94.9 Å². The van der Waals surface area contributed by atoms with Gasteiger partial charge >= 0.3 is 6.09 Å². The van der Waals surface area contributed by atoms with E-state index in [2.05, 4.69) is 29.0 Å². The molecule has 3 aliphatic rings. The van der Waals surface area contributed by atoms with Crippen molar-refractivity contribution in [3.8, 4) is 11.3 Å². The molecule has 2 fully saturated rings. The maximum Gasteiger partial charge on any atom is 0.410 e. The van der Waals surface area contributed by atoms with Crippen molar-refractivity contribution in [1.82, 2.24) is 25.1 Å². The molecule has 3 atom stereocenters. The molecule has 0 radical (unpaired) electrons. The Morgan fingerprint density at radius 3 is 2.58 bits per heavy atom. The number of amides is 1. The molecule has 2 aliphatic carbocycles. The van der Waals surface area contributed by atoms with Gasteiger partial charge in [-0.2, -0.15) is 5.10 Å². The standard InChI is InChI=1S/C31H35F2N5O2/c1-29(2,3)40-28(39)38-15-7-8-18(17-38)27-34-14-12-24(35-27)31-13-11-20(30(31,4)5)19-16-23(36-37-26(19)31)25-21(32)9-6-10-22(25)33/h6,9-10,12,14,16,18,20H,7-8,11,13,15,17H2,1-5H3/t18?,20-,31+/m0/s1. The molecular formula is C31H35F2N5O2. The topological polar surface area (TPSA) is 81.1 Å². The van der Waals surface area contributed by atoms with Crippen molar-refractivity contribution in [2.24, 2.45) is 5.41 Å². The number of rotatable bonds is 3. The Bertz CT molecular complexity index is 1470. The molecule has 1 saturated carbocycles. The number of hydrogen-bond acceptors (Lipinski definition) is 6. The van der Waals surface area contributed by atoms with Crippen molar-refractivity contribution in [3.63, 3.8) is 0 Å².